The molecule has 10 nitrogen and oxygen atoms in total. The highest BCUT2D eigenvalue weighted by Gasteiger charge is 2.39. The fourth-order valence-corrected chi connectivity index (χ4v) is 8.63. The zero-order valence-corrected chi connectivity index (χ0v) is 26.3. The van der Waals surface area contributed by atoms with Crippen LogP contribution in [-0.4, -0.2) is 62.9 Å². The summed E-state index contributed by atoms with van der Waals surface area (Å²) < 4.78 is 60.8. The lowest BCUT2D eigenvalue weighted by Crippen LogP contribution is -2.45. The second-order valence-electron chi connectivity index (χ2n) is 12.8. The number of aryl methyl sites for hydroxylation is 1. The Morgan fingerprint density at radius 1 is 1.11 bits per heavy atom. The van der Waals surface area contributed by atoms with Gasteiger partial charge in [-0.3, -0.25) is 4.79 Å². The number of carboxylic acid groups (broad SMARTS) is 1. The Kier molecular flexibility index (Phi) is 9.05. The molecular weight excluding hydrogens is 626 g/mol. The Morgan fingerprint density at radius 3 is 2.66 bits per heavy atom. The van der Waals surface area contributed by atoms with E-state index in [0.29, 0.717) is 34.9 Å². The number of rotatable bonds is 9. The van der Waals surface area contributed by atoms with E-state index in [-0.39, 0.29) is 48.1 Å². The first-order valence-corrected chi connectivity index (χ1v) is 17.2. The van der Waals surface area contributed by atoms with Gasteiger partial charge in [-0.1, -0.05) is 36.9 Å². The van der Waals surface area contributed by atoms with E-state index < -0.39 is 34.8 Å². The van der Waals surface area contributed by atoms with E-state index in [4.69, 9.17) is 0 Å². The van der Waals surface area contributed by atoms with Gasteiger partial charge in [0.2, 0.25) is 10.0 Å². The number of pyridine rings is 1. The number of piperidine rings is 1. The predicted octanol–water partition coefficient (Wildman–Crippen LogP) is 6.29. The third kappa shape index (κ3) is 6.22. The molecule has 1 aliphatic carbocycles. The number of fused-ring (bicyclic) bond motifs is 4. The summed E-state index contributed by atoms with van der Waals surface area (Å²) in [5, 5.41) is 18.2. The number of benzene rings is 2. The molecule has 4 heterocycles. The van der Waals surface area contributed by atoms with Gasteiger partial charge in [0.1, 0.15) is 16.2 Å². The molecule has 1 saturated carbocycles. The Balaban J connectivity index is 0.00000386. The smallest absolute Gasteiger partial charge is 0.304 e. The average Bonchev–Trinajstić information content (AvgIpc) is 3.78. The quantitative estimate of drug-likeness (QED) is 0.221. The van der Waals surface area contributed by atoms with E-state index in [9.17, 15) is 27.1 Å². The second kappa shape index (κ2) is 12.9. The summed E-state index contributed by atoms with van der Waals surface area (Å²) in [6, 6.07) is 11.8. The van der Waals surface area contributed by atoms with Crippen LogP contribution in [0.2, 0.25) is 0 Å². The Labute approximate surface area is 273 Å². The minimum absolute atomic E-state index is 0. The molecule has 250 valence electrons. The van der Waals surface area contributed by atoms with Crippen molar-refractivity contribution in [1.82, 2.24) is 24.3 Å². The van der Waals surface area contributed by atoms with E-state index in [1.807, 2.05) is 6.92 Å². The highest BCUT2D eigenvalue weighted by Crippen LogP contribution is 2.41. The standard InChI is InChI=1S/C33H36F2N6O4S.CH4/c1-20-7-10-22(15-23(20)18-39-19-24-5-2-3-14-40(24)33-28(46(39,44)45)6-4-13-36-33)26(16-29(42)43)25-11-12-27-31(30(25)32(34)35)37-38-41(27)17-21-8-9-21;/h4,6-7,10-13,15,21,24,26,32H,2-3,5,8-9,14,16-19H2,1H3,(H,42,43);1H4/t24-,26+;/m1./s1. The van der Waals surface area contributed by atoms with Crippen molar-refractivity contribution in [3.05, 3.63) is 76.5 Å². The van der Waals surface area contributed by atoms with Crippen molar-refractivity contribution in [2.24, 2.45) is 5.92 Å². The number of halogens is 2. The van der Waals surface area contributed by atoms with Crippen molar-refractivity contribution in [2.75, 3.05) is 18.0 Å². The van der Waals surface area contributed by atoms with Gasteiger partial charge in [-0.05, 0) is 85.4 Å². The fraction of sp³-hybridized carbons (Fsp3) is 0.471. The van der Waals surface area contributed by atoms with Gasteiger partial charge in [0.25, 0.3) is 6.43 Å². The number of aliphatic carboxylic acids is 1. The number of aromatic nitrogens is 4. The highest BCUT2D eigenvalue weighted by molar-refractivity contribution is 7.89. The molecule has 0 unspecified atom stereocenters. The number of hydrogen-bond donors (Lipinski definition) is 1. The number of sulfonamides is 1. The lowest BCUT2D eigenvalue weighted by atomic mass is 9.84. The number of anilines is 1. The van der Waals surface area contributed by atoms with Gasteiger partial charge in [0, 0.05) is 44.3 Å². The maximum Gasteiger partial charge on any atom is 0.304 e. The van der Waals surface area contributed by atoms with Crippen molar-refractivity contribution in [3.8, 4) is 0 Å². The van der Waals surface area contributed by atoms with E-state index in [0.717, 1.165) is 44.2 Å². The summed E-state index contributed by atoms with van der Waals surface area (Å²) in [6.45, 7) is 3.54. The molecule has 0 amide bonds. The van der Waals surface area contributed by atoms with Gasteiger partial charge in [-0.2, -0.15) is 4.31 Å². The lowest BCUT2D eigenvalue weighted by molar-refractivity contribution is -0.137. The summed E-state index contributed by atoms with van der Waals surface area (Å²) in [4.78, 5) is 18.9. The zero-order chi connectivity index (χ0) is 32.2. The highest BCUT2D eigenvalue weighted by atomic mass is 32.2. The molecule has 0 bridgehead atoms. The second-order valence-corrected chi connectivity index (χ2v) is 14.7. The van der Waals surface area contributed by atoms with Gasteiger partial charge in [0.05, 0.1) is 17.5 Å². The molecule has 47 heavy (non-hydrogen) atoms. The van der Waals surface area contributed by atoms with Gasteiger partial charge in [0.15, 0.2) is 0 Å². The van der Waals surface area contributed by atoms with Crippen molar-refractivity contribution >= 4 is 32.8 Å². The molecule has 2 aliphatic heterocycles. The van der Waals surface area contributed by atoms with Crippen molar-refractivity contribution in [1.29, 1.82) is 0 Å². The van der Waals surface area contributed by atoms with Crippen LogP contribution in [0.15, 0.2) is 53.6 Å². The summed E-state index contributed by atoms with van der Waals surface area (Å²) in [5.41, 5.74) is 2.46. The van der Waals surface area contributed by atoms with Crippen LogP contribution in [-0.2, 0) is 27.9 Å². The predicted molar refractivity (Wildman–Crippen MR) is 174 cm³/mol. The van der Waals surface area contributed by atoms with Gasteiger partial charge in [-0.15, -0.1) is 5.10 Å². The van der Waals surface area contributed by atoms with Crippen LogP contribution < -0.4 is 4.90 Å². The van der Waals surface area contributed by atoms with Crippen LogP contribution in [0, 0.1) is 12.8 Å². The Morgan fingerprint density at radius 2 is 1.91 bits per heavy atom. The van der Waals surface area contributed by atoms with E-state index in [1.165, 1.54) is 4.31 Å². The zero-order valence-electron chi connectivity index (χ0n) is 25.5. The first-order valence-electron chi connectivity index (χ1n) is 15.8. The molecule has 0 spiro atoms. The molecule has 1 saturated heterocycles. The maximum atomic E-state index is 14.8. The molecule has 7 rings (SSSR count). The topological polar surface area (TPSA) is 122 Å². The third-order valence-electron chi connectivity index (χ3n) is 9.67. The van der Waals surface area contributed by atoms with Crippen molar-refractivity contribution in [2.45, 2.75) is 89.2 Å². The van der Waals surface area contributed by atoms with Gasteiger partial charge in [-0.25, -0.2) is 26.9 Å². The molecule has 13 heteroatoms. The summed E-state index contributed by atoms with van der Waals surface area (Å²) in [5.74, 6) is -1.12. The molecule has 3 aliphatic rings. The minimum Gasteiger partial charge on any atom is -0.481 e. The molecule has 2 fully saturated rings. The Bertz CT molecular complexity index is 1910. The van der Waals surface area contributed by atoms with Crippen molar-refractivity contribution < 1.29 is 27.1 Å². The van der Waals surface area contributed by atoms with Crippen LogP contribution in [0.1, 0.15) is 86.1 Å². The summed E-state index contributed by atoms with van der Waals surface area (Å²) in [6.07, 6.45) is 3.21. The van der Waals surface area contributed by atoms with Crippen LogP contribution in [0.25, 0.3) is 11.0 Å². The summed E-state index contributed by atoms with van der Waals surface area (Å²) in [7, 11) is -3.92. The number of alkyl halides is 2. The monoisotopic (exact) mass is 666 g/mol. The molecule has 2 atom stereocenters. The number of hydrogen-bond acceptors (Lipinski definition) is 7. The minimum atomic E-state index is -3.92. The third-order valence-corrected chi connectivity index (χ3v) is 11.5. The van der Waals surface area contributed by atoms with Crippen molar-refractivity contribution in [3.63, 3.8) is 0 Å². The largest absolute Gasteiger partial charge is 0.481 e. The molecule has 4 aromatic rings. The SMILES string of the molecule is C.Cc1ccc([C@H](CC(=O)O)c2ccc3c(nnn3CC3CC3)c2C(F)F)cc1CN1C[C@H]2CCCCN2c2ncccc2S1(=O)=O. The normalized spacial score (nSPS) is 19.9. The summed E-state index contributed by atoms with van der Waals surface area (Å²) >= 11 is 0. The molecule has 2 aromatic carbocycles. The van der Waals surface area contributed by atoms with Crippen LogP contribution in [0.4, 0.5) is 14.6 Å². The van der Waals surface area contributed by atoms with E-state index in [1.54, 1.807) is 53.3 Å². The first kappa shape index (κ1) is 33.0. The fourth-order valence-electron chi connectivity index (χ4n) is 7.03. The van der Waals surface area contributed by atoms with Gasteiger partial charge >= 0.3 is 5.97 Å². The van der Waals surface area contributed by atoms with Crippen LogP contribution in [0.5, 0.6) is 0 Å². The molecule has 2 aromatic heterocycles. The van der Waals surface area contributed by atoms with Crippen LogP contribution >= 0.6 is 0 Å². The number of carboxylic acids is 1. The number of carbonyl (C=O) groups is 1. The Hall–Kier alpha value is -3.97. The molecular formula is C34H40F2N6O4S. The van der Waals surface area contributed by atoms with E-state index >= 15 is 0 Å². The van der Waals surface area contributed by atoms with E-state index in [2.05, 4.69) is 20.2 Å². The lowest BCUT2D eigenvalue weighted by Gasteiger charge is -2.36. The first-order chi connectivity index (χ1) is 22.1. The molecule has 1 N–H and O–H groups in total. The van der Waals surface area contributed by atoms with Gasteiger partial charge < -0.3 is 10.0 Å². The maximum absolute atomic E-state index is 14.8. The average molecular weight is 667 g/mol. The van der Waals surface area contributed by atoms with Crippen LogP contribution in [0.3, 0.4) is 0 Å². The number of nitrogens with zero attached hydrogens (tertiary/aromatic N) is 6. The molecule has 0 radical (unpaired) electrons.